The van der Waals surface area contributed by atoms with Crippen molar-refractivity contribution in [2.24, 2.45) is 5.73 Å². The van der Waals surface area contributed by atoms with E-state index in [1.54, 1.807) is 6.92 Å². The van der Waals surface area contributed by atoms with Gasteiger partial charge in [0.2, 0.25) is 0 Å². The van der Waals surface area contributed by atoms with Gasteiger partial charge in [-0.15, -0.1) is 0 Å². The Balaban J connectivity index is 3.07. The van der Waals surface area contributed by atoms with Gasteiger partial charge < -0.3 is 15.6 Å². The Labute approximate surface area is 86.5 Å². The van der Waals surface area contributed by atoms with E-state index in [4.69, 9.17) is 10.5 Å². The maximum absolute atomic E-state index is 11.3. The zero-order chi connectivity index (χ0) is 11.4. The molecule has 0 atom stereocenters. The van der Waals surface area contributed by atoms with E-state index >= 15 is 0 Å². The van der Waals surface area contributed by atoms with Crippen LogP contribution in [0.1, 0.15) is 27.6 Å². The lowest BCUT2D eigenvalue weighted by Gasteiger charge is -2.04. The van der Waals surface area contributed by atoms with E-state index in [1.165, 1.54) is 18.2 Å². The Bertz CT molecular complexity index is 400. The molecule has 0 spiro atoms. The van der Waals surface area contributed by atoms with Crippen LogP contribution < -0.4 is 5.73 Å². The number of esters is 1. The first kappa shape index (κ1) is 11.0. The van der Waals surface area contributed by atoms with Crippen molar-refractivity contribution in [2.45, 2.75) is 6.92 Å². The standard InChI is InChI=1S/C10H11NO4/c1-2-15-10(14)6-3-4-8(12)7(5-6)9(11)13/h3-5,12H,2H2,1H3,(H2,11,13). The summed E-state index contributed by atoms with van der Waals surface area (Å²) in [6, 6.07) is 3.79. The molecule has 15 heavy (non-hydrogen) atoms. The smallest absolute Gasteiger partial charge is 0.338 e. The second kappa shape index (κ2) is 4.45. The van der Waals surface area contributed by atoms with Crippen LogP contribution >= 0.6 is 0 Å². The molecule has 0 unspecified atom stereocenters. The molecule has 0 aliphatic heterocycles. The fourth-order valence-corrected chi connectivity index (χ4v) is 1.07. The van der Waals surface area contributed by atoms with Crippen LogP contribution in [0.25, 0.3) is 0 Å². The van der Waals surface area contributed by atoms with Gasteiger partial charge in [-0.3, -0.25) is 4.79 Å². The van der Waals surface area contributed by atoms with E-state index in [1.807, 2.05) is 0 Å². The van der Waals surface area contributed by atoms with Gasteiger partial charge in [-0.1, -0.05) is 0 Å². The van der Waals surface area contributed by atoms with Crippen LogP contribution in [0.15, 0.2) is 18.2 Å². The maximum atomic E-state index is 11.3. The fraction of sp³-hybridized carbons (Fsp3) is 0.200. The molecule has 1 aromatic carbocycles. The fourth-order valence-electron chi connectivity index (χ4n) is 1.07. The molecule has 1 amide bonds. The first-order valence-corrected chi connectivity index (χ1v) is 4.36. The van der Waals surface area contributed by atoms with E-state index in [2.05, 4.69) is 0 Å². The lowest BCUT2D eigenvalue weighted by molar-refractivity contribution is 0.0526. The number of hydrogen-bond acceptors (Lipinski definition) is 4. The molecule has 0 aromatic heterocycles. The number of benzene rings is 1. The monoisotopic (exact) mass is 209 g/mol. The van der Waals surface area contributed by atoms with Crippen LogP contribution in [0.4, 0.5) is 0 Å². The molecule has 0 radical (unpaired) electrons. The Morgan fingerprint density at radius 2 is 2.13 bits per heavy atom. The summed E-state index contributed by atoms with van der Waals surface area (Å²) in [7, 11) is 0. The number of ether oxygens (including phenoxy) is 1. The van der Waals surface area contributed by atoms with Crippen LogP contribution in [0.2, 0.25) is 0 Å². The van der Waals surface area contributed by atoms with Gasteiger partial charge in [-0.05, 0) is 25.1 Å². The van der Waals surface area contributed by atoms with Gasteiger partial charge in [-0.25, -0.2) is 4.79 Å². The minimum absolute atomic E-state index is 0.0967. The van der Waals surface area contributed by atoms with Crippen LogP contribution in [-0.2, 0) is 4.74 Å². The predicted molar refractivity (Wildman–Crippen MR) is 52.6 cm³/mol. The van der Waals surface area contributed by atoms with Gasteiger partial charge in [0.25, 0.3) is 5.91 Å². The molecule has 5 nitrogen and oxygen atoms in total. The van der Waals surface area contributed by atoms with Crippen molar-refractivity contribution < 1.29 is 19.4 Å². The molecule has 5 heteroatoms. The van der Waals surface area contributed by atoms with Gasteiger partial charge in [-0.2, -0.15) is 0 Å². The van der Waals surface area contributed by atoms with Crippen molar-refractivity contribution in [3.05, 3.63) is 29.3 Å². The van der Waals surface area contributed by atoms with E-state index in [9.17, 15) is 14.7 Å². The first-order valence-electron chi connectivity index (χ1n) is 4.36. The summed E-state index contributed by atoms with van der Waals surface area (Å²) in [6.45, 7) is 1.92. The van der Waals surface area contributed by atoms with E-state index in [0.717, 1.165) is 0 Å². The lowest BCUT2D eigenvalue weighted by Crippen LogP contribution is -2.13. The molecule has 80 valence electrons. The van der Waals surface area contributed by atoms with Gasteiger partial charge in [0, 0.05) is 0 Å². The van der Waals surface area contributed by atoms with Crippen molar-refractivity contribution in [2.75, 3.05) is 6.61 Å². The second-order valence-electron chi connectivity index (χ2n) is 2.82. The summed E-state index contributed by atoms with van der Waals surface area (Å²) < 4.78 is 4.73. The predicted octanol–water partition coefficient (Wildman–Crippen LogP) is 0.668. The van der Waals surface area contributed by atoms with Crippen LogP contribution in [0.3, 0.4) is 0 Å². The Morgan fingerprint density at radius 3 is 2.67 bits per heavy atom. The van der Waals surface area contributed by atoms with Crippen molar-refractivity contribution in [1.82, 2.24) is 0 Å². The zero-order valence-corrected chi connectivity index (χ0v) is 8.19. The van der Waals surface area contributed by atoms with E-state index < -0.39 is 11.9 Å². The largest absolute Gasteiger partial charge is 0.507 e. The van der Waals surface area contributed by atoms with E-state index in [0.29, 0.717) is 0 Å². The minimum atomic E-state index is -0.793. The molecule has 0 fully saturated rings. The third-order valence-electron chi connectivity index (χ3n) is 1.77. The molecule has 0 bridgehead atoms. The average Bonchev–Trinajstić information content (AvgIpc) is 2.18. The first-order chi connectivity index (χ1) is 7.06. The van der Waals surface area contributed by atoms with Gasteiger partial charge in [0.05, 0.1) is 17.7 Å². The number of phenols is 1. The average molecular weight is 209 g/mol. The molecule has 3 N–H and O–H groups in total. The van der Waals surface area contributed by atoms with Crippen LogP contribution in [0.5, 0.6) is 5.75 Å². The molecule has 0 aliphatic rings. The maximum Gasteiger partial charge on any atom is 0.338 e. The number of rotatable bonds is 3. The third kappa shape index (κ3) is 2.46. The second-order valence-corrected chi connectivity index (χ2v) is 2.82. The summed E-state index contributed by atoms with van der Waals surface area (Å²) in [5.74, 6) is -1.60. The highest BCUT2D eigenvalue weighted by molar-refractivity contribution is 5.99. The number of carbonyl (C=O) groups is 2. The Morgan fingerprint density at radius 1 is 1.47 bits per heavy atom. The van der Waals surface area contributed by atoms with Crippen molar-refractivity contribution >= 4 is 11.9 Å². The van der Waals surface area contributed by atoms with Crippen molar-refractivity contribution in [3.8, 4) is 5.75 Å². The molecule has 0 saturated heterocycles. The van der Waals surface area contributed by atoms with Gasteiger partial charge in [0.1, 0.15) is 5.75 Å². The molecule has 0 heterocycles. The van der Waals surface area contributed by atoms with Crippen molar-refractivity contribution in [1.29, 1.82) is 0 Å². The number of aromatic hydroxyl groups is 1. The summed E-state index contributed by atoms with van der Waals surface area (Å²) in [4.78, 5) is 22.1. The van der Waals surface area contributed by atoms with Crippen LogP contribution in [0, 0.1) is 0 Å². The quantitative estimate of drug-likeness (QED) is 0.716. The number of nitrogens with two attached hydrogens (primary N) is 1. The molecule has 0 aliphatic carbocycles. The van der Waals surface area contributed by atoms with Gasteiger partial charge >= 0.3 is 5.97 Å². The number of hydrogen-bond donors (Lipinski definition) is 2. The summed E-state index contributed by atoms with van der Waals surface area (Å²) in [6.07, 6.45) is 0. The number of primary amides is 1. The highest BCUT2D eigenvalue weighted by Crippen LogP contribution is 2.18. The topological polar surface area (TPSA) is 89.6 Å². The third-order valence-corrected chi connectivity index (χ3v) is 1.77. The molecule has 1 aromatic rings. The number of amides is 1. The minimum Gasteiger partial charge on any atom is -0.507 e. The van der Waals surface area contributed by atoms with Crippen molar-refractivity contribution in [3.63, 3.8) is 0 Å². The number of carbonyl (C=O) groups excluding carboxylic acids is 2. The Hall–Kier alpha value is -2.04. The molecular formula is C10H11NO4. The summed E-state index contributed by atoms with van der Waals surface area (Å²) in [5, 5.41) is 9.26. The van der Waals surface area contributed by atoms with Gasteiger partial charge in [0.15, 0.2) is 0 Å². The highest BCUT2D eigenvalue weighted by atomic mass is 16.5. The zero-order valence-electron chi connectivity index (χ0n) is 8.19. The molecule has 0 saturated carbocycles. The van der Waals surface area contributed by atoms with Crippen LogP contribution in [-0.4, -0.2) is 23.6 Å². The highest BCUT2D eigenvalue weighted by Gasteiger charge is 2.12. The SMILES string of the molecule is CCOC(=O)c1ccc(O)c(C(N)=O)c1. The van der Waals surface area contributed by atoms with E-state index in [-0.39, 0.29) is 23.5 Å². The summed E-state index contributed by atoms with van der Waals surface area (Å²) in [5.41, 5.74) is 5.09. The molecule has 1 rings (SSSR count). The molecular weight excluding hydrogens is 198 g/mol. The summed E-state index contributed by atoms with van der Waals surface area (Å²) >= 11 is 0. The Kier molecular flexibility index (Phi) is 3.28. The normalized spacial score (nSPS) is 9.67. The lowest BCUT2D eigenvalue weighted by atomic mass is 10.1.